The highest BCUT2D eigenvalue weighted by Crippen LogP contribution is 2.00. The molecule has 0 saturated heterocycles. The lowest BCUT2D eigenvalue weighted by molar-refractivity contribution is -0.143. The minimum Gasteiger partial charge on any atom is -0.481 e. The molecule has 0 heterocycles. The molecule has 0 aromatic rings. The lowest BCUT2D eigenvalue weighted by Gasteiger charge is -2.00. The number of hydrogen-bond donors (Lipinski definition) is 2. The highest BCUT2D eigenvalue weighted by molar-refractivity contribution is 5.93. The van der Waals surface area contributed by atoms with Crippen molar-refractivity contribution >= 4 is 23.9 Å². The number of methoxy groups -OCH3 is 2. The quantitative estimate of drug-likeness (QED) is 0.530. The second kappa shape index (κ2) is 10.3. The summed E-state index contributed by atoms with van der Waals surface area (Å²) in [6.07, 6.45) is -0.626. The number of carboxylic acid groups (broad SMARTS) is 2. The summed E-state index contributed by atoms with van der Waals surface area (Å²) in [5, 5.41) is 16.1. The van der Waals surface area contributed by atoms with Crippen molar-refractivity contribution in [1.29, 1.82) is 0 Å². The zero-order chi connectivity index (χ0) is 16.3. The summed E-state index contributed by atoms with van der Waals surface area (Å²) in [7, 11) is 2.47. The average molecular weight is 288 g/mol. The largest absolute Gasteiger partial charge is 0.481 e. The Morgan fingerprint density at radius 2 is 1.40 bits per heavy atom. The maximum atomic E-state index is 10.6. The molecule has 0 rings (SSSR count). The van der Waals surface area contributed by atoms with Crippen molar-refractivity contribution < 1.29 is 38.9 Å². The molecule has 0 aromatic carbocycles. The molecule has 0 bridgehead atoms. The van der Waals surface area contributed by atoms with Crippen LogP contribution < -0.4 is 0 Å². The Kier molecular flexibility index (Phi) is 10.1. The van der Waals surface area contributed by atoms with E-state index in [0.717, 1.165) is 0 Å². The van der Waals surface area contributed by atoms with Crippen LogP contribution in [0.3, 0.4) is 0 Å². The molecule has 0 radical (unpaired) electrons. The number of rotatable bonds is 6. The fourth-order valence-electron chi connectivity index (χ4n) is 0.721. The number of ether oxygens (including phenoxy) is 2. The van der Waals surface area contributed by atoms with Crippen LogP contribution in [0.1, 0.15) is 12.8 Å². The Labute approximate surface area is 115 Å². The van der Waals surface area contributed by atoms with E-state index in [1.807, 2.05) is 0 Å². The summed E-state index contributed by atoms with van der Waals surface area (Å²) >= 11 is 0. The Balaban J connectivity index is 0. The molecular formula is C12H16O8. The van der Waals surface area contributed by atoms with E-state index in [4.69, 9.17) is 10.2 Å². The third-order valence-corrected chi connectivity index (χ3v) is 1.73. The molecule has 0 aliphatic rings. The highest BCUT2D eigenvalue weighted by atomic mass is 16.5. The fourth-order valence-corrected chi connectivity index (χ4v) is 0.721. The summed E-state index contributed by atoms with van der Waals surface area (Å²) < 4.78 is 8.62. The van der Waals surface area contributed by atoms with Crippen LogP contribution in [0.15, 0.2) is 24.3 Å². The highest BCUT2D eigenvalue weighted by Gasteiger charge is 2.11. The molecule has 0 aliphatic heterocycles. The monoisotopic (exact) mass is 288 g/mol. The molecule has 8 nitrogen and oxygen atoms in total. The maximum Gasteiger partial charge on any atom is 0.333 e. The first-order valence-corrected chi connectivity index (χ1v) is 5.11. The number of esters is 2. The van der Waals surface area contributed by atoms with Gasteiger partial charge in [-0.3, -0.25) is 9.59 Å². The fraction of sp³-hybridized carbons (Fsp3) is 0.333. The predicted octanol–water partition coefficient (Wildman–Crippen LogP) is 0.381. The number of hydrogen-bond acceptors (Lipinski definition) is 6. The third-order valence-electron chi connectivity index (χ3n) is 1.73. The van der Waals surface area contributed by atoms with Gasteiger partial charge in [-0.05, 0) is 0 Å². The van der Waals surface area contributed by atoms with Crippen LogP contribution in [0.25, 0.3) is 0 Å². The predicted molar refractivity (Wildman–Crippen MR) is 66.8 cm³/mol. The van der Waals surface area contributed by atoms with E-state index in [1.54, 1.807) is 0 Å². The van der Waals surface area contributed by atoms with E-state index >= 15 is 0 Å². The minimum atomic E-state index is -1.27. The van der Waals surface area contributed by atoms with Crippen molar-refractivity contribution in [1.82, 2.24) is 0 Å². The molecule has 0 fully saturated rings. The summed E-state index contributed by atoms with van der Waals surface area (Å²) in [6.45, 7) is 6.35. The molecule has 0 unspecified atom stereocenters. The lowest BCUT2D eigenvalue weighted by atomic mass is 10.2. The summed E-state index contributed by atoms with van der Waals surface area (Å²) in [5.74, 6) is -3.53. The van der Waals surface area contributed by atoms with Gasteiger partial charge in [0.05, 0.1) is 27.1 Å². The van der Waals surface area contributed by atoms with Crippen LogP contribution in [0.5, 0.6) is 0 Å². The van der Waals surface area contributed by atoms with Crippen molar-refractivity contribution in [3.05, 3.63) is 24.3 Å². The van der Waals surface area contributed by atoms with E-state index in [2.05, 4.69) is 22.6 Å². The Bertz CT molecular complexity index is 421. The lowest BCUT2D eigenvalue weighted by Crippen LogP contribution is -2.09. The zero-order valence-corrected chi connectivity index (χ0v) is 11.2. The van der Waals surface area contributed by atoms with Crippen molar-refractivity contribution in [3.8, 4) is 0 Å². The first-order valence-electron chi connectivity index (χ1n) is 5.11. The van der Waals surface area contributed by atoms with E-state index in [-0.39, 0.29) is 17.6 Å². The zero-order valence-electron chi connectivity index (χ0n) is 11.2. The summed E-state index contributed by atoms with van der Waals surface area (Å²) in [5.41, 5.74) is -0.207. The van der Waals surface area contributed by atoms with Crippen LogP contribution >= 0.6 is 0 Å². The molecule has 112 valence electrons. The van der Waals surface area contributed by atoms with Crippen LogP contribution in [0.2, 0.25) is 0 Å². The molecule has 0 aliphatic carbocycles. The normalized spacial score (nSPS) is 8.50. The average Bonchev–Trinajstić information content (AvgIpc) is 2.37. The summed E-state index contributed by atoms with van der Waals surface area (Å²) in [6, 6.07) is 0. The molecule has 20 heavy (non-hydrogen) atoms. The van der Waals surface area contributed by atoms with Gasteiger partial charge in [0.15, 0.2) is 0 Å². The minimum absolute atomic E-state index is 0.0966. The van der Waals surface area contributed by atoms with Crippen LogP contribution in [-0.4, -0.2) is 48.3 Å². The van der Waals surface area contributed by atoms with Crippen LogP contribution in [0.4, 0.5) is 0 Å². The first-order chi connectivity index (χ1) is 9.15. The van der Waals surface area contributed by atoms with Gasteiger partial charge in [-0.1, -0.05) is 13.2 Å². The molecular weight excluding hydrogens is 272 g/mol. The van der Waals surface area contributed by atoms with Crippen molar-refractivity contribution in [2.24, 2.45) is 0 Å². The molecule has 0 aromatic heterocycles. The van der Waals surface area contributed by atoms with Gasteiger partial charge in [0, 0.05) is 11.1 Å². The smallest absolute Gasteiger partial charge is 0.333 e. The molecule has 2 N–H and O–H groups in total. The van der Waals surface area contributed by atoms with Crippen molar-refractivity contribution in [2.75, 3.05) is 14.2 Å². The van der Waals surface area contributed by atoms with E-state index in [1.165, 1.54) is 14.2 Å². The molecule has 0 spiro atoms. The van der Waals surface area contributed by atoms with Crippen molar-refractivity contribution in [3.63, 3.8) is 0 Å². The second-order valence-corrected chi connectivity index (χ2v) is 3.33. The Hall–Kier alpha value is -2.64. The third kappa shape index (κ3) is 10.5. The Morgan fingerprint density at radius 1 is 0.900 bits per heavy atom. The molecule has 0 amide bonds. The molecule has 0 atom stereocenters. The number of carboxylic acids is 2. The number of carbonyl (C=O) groups excluding carboxylic acids is 2. The first kappa shape index (κ1) is 19.7. The van der Waals surface area contributed by atoms with Crippen LogP contribution in [-0.2, 0) is 28.7 Å². The van der Waals surface area contributed by atoms with Gasteiger partial charge in [0.1, 0.15) is 0 Å². The van der Waals surface area contributed by atoms with Crippen LogP contribution in [0, 0.1) is 0 Å². The van der Waals surface area contributed by atoms with Crippen molar-refractivity contribution in [2.45, 2.75) is 12.8 Å². The van der Waals surface area contributed by atoms with E-state index in [0.29, 0.717) is 0 Å². The number of aliphatic carboxylic acids is 2. The number of carbonyl (C=O) groups is 4. The van der Waals surface area contributed by atoms with Gasteiger partial charge in [0.2, 0.25) is 0 Å². The second-order valence-electron chi connectivity index (χ2n) is 3.33. The molecule has 8 heteroatoms. The van der Waals surface area contributed by atoms with Gasteiger partial charge in [0.25, 0.3) is 0 Å². The maximum absolute atomic E-state index is 10.6. The Morgan fingerprint density at radius 3 is 1.65 bits per heavy atom. The SMILES string of the molecule is C=C(CC(=O)O)C(=O)O.C=C(CC(=O)OC)C(=O)OC. The van der Waals surface area contributed by atoms with Gasteiger partial charge in [-0.2, -0.15) is 0 Å². The van der Waals surface area contributed by atoms with E-state index in [9.17, 15) is 19.2 Å². The topological polar surface area (TPSA) is 127 Å². The van der Waals surface area contributed by atoms with Gasteiger partial charge >= 0.3 is 23.9 Å². The summed E-state index contributed by atoms with van der Waals surface area (Å²) in [4.78, 5) is 40.8. The van der Waals surface area contributed by atoms with E-state index < -0.39 is 30.3 Å². The standard InChI is InChI=1S/C7H10O4.C5H6O4/c1-5(7(9)11-3)4-6(8)10-2;1-3(5(8)9)2-4(6)7/h1,4H2,2-3H3;1-2H2,(H,6,7)(H,8,9). The van der Waals surface area contributed by atoms with Gasteiger partial charge < -0.3 is 19.7 Å². The van der Waals surface area contributed by atoms with Gasteiger partial charge in [-0.25, -0.2) is 9.59 Å². The molecule has 0 saturated carbocycles. The van der Waals surface area contributed by atoms with Gasteiger partial charge in [-0.15, -0.1) is 0 Å².